The molecule has 0 aromatic heterocycles. The molecule has 0 fully saturated rings. The van der Waals surface area contributed by atoms with Crippen LogP contribution in [0.25, 0.3) is 0 Å². The highest BCUT2D eigenvalue weighted by molar-refractivity contribution is 7.00. The lowest BCUT2D eigenvalue weighted by Gasteiger charge is -2.17. The summed E-state index contributed by atoms with van der Waals surface area (Å²) in [5.41, 5.74) is 2.02. The minimum atomic E-state index is -1.34. The van der Waals surface area contributed by atoms with E-state index in [2.05, 4.69) is 26.2 Å². The van der Waals surface area contributed by atoms with E-state index in [-0.39, 0.29) is 18.3 Å². The minimum Gasteiger partial charge on any atom is -0.461 e. The van der Waals surface area contributed by atoms with E-state index in [1.165, 1.54) is 0 Å². The van der Waals surface area contributed by atoms with Gasteiger partial charge in [0.25, 0.3) is 0 Å². The maximum atomic E-state index is 5.75. The van der Waals surface area contributed by atoms with Gasteiger partial charge < -0.3 is 4.12 Å². The van der Waals surface area contributed by atoms with Crippen LogP contribution in [0.4, 0.5) is 0 Å². The molecule has 0 N–H and O–H groups in total. The zero-order valence-corrected chi connectivity index (χ0v) is 10.4. The molecule has 0 heterocycles. The Morgan fingerprint density at radius 2 is 2.11 bits per heavy atom. The van der Waals surface area contributed by atoms with Crippen molar-refractivity contribution in [2.45, 2.75) is 19.6 Å². The molecule has 0 spiro atoms. The van der Waals surface area contributed by atoms with Crippen molar-refractivity contribution in [3.05, 3.63) is 12.3 Å². The van der Waals surface area contributed by atoms with Crippen LogP contribution in [-0.4, -0.2) is 26.6 Å². The third-order valence-electron chi connectivity index (χ3n) is 1.17. The highest BCUT2D eigenvalue weighted by Gasteiger charge is 2.15. The van der Waals surface area contributed by atoms with E-state index in [9.17, 15) is 0 Å². The first-order valence-electron chi connectivity index (χ1n) is 3.40. The molecular formula is C5H16OSi3. The van der Waals surface area contributed by atoms with Crippen LogP contribution < -0.4 is 0 Å². The Morgan fingerprint density at radius 1 is 1.56 bits per heavy atom. The molecular weight excluding hydrogens is 160 g/mol. The highest BCUT2D eigenvalue weighted by atomic mass is 29.2. The van der Waals surface area contributed by atoms with Crippen molar-refractivity contribution in [1.82, 2.24) is 0 Å². The minimum absolute atomic E-state index is 0.0641. The van der Waals surface area contributed by atoms with Gasteiger partial charge in [0.05, 0.1) is 0 Å². The molecule has 0 saturated heterocycles. The molecule has 0 atom stereocenters. The maximum Gasteiger partial charge on any atom is 0.197 e. The third kappa shape index (κ3) is 4.83. The van der Waals surface area contributed by atoms with Gasteiger partial charge in [-0.25, -0.2) is 0 Å². The molecule has 0 aliphatic rings. The van der Waals surface area contributed by atoms with E-state index in [0.29, 0.717) is 0 Å². The fourth-order valence-corrected chi connectivity index (χ4v) is 10.4. The predicted molar refractivity (Wildman–Crippen MR) is 51.7 cm³/mol. The first-order valence-corrected chi connectivity index (χ1v) is 12.4. The van der Waals surface area contributed by atoms with Crippen molar-refractivity contribution < 1.29 is 4.12 Å². The summed E-state index contributed by atoms with van der Waals surface area (Å²) in [7, 11) is -1.17. The summed E-state index contributed by atoms with van der Waals surface area (Å²) >= 11 is 0. The second-order valence-electron chi connectivity index (χ2n) is 2.66. The monoisotopic (exact) mass is 176 g/mol. The lowest BCUT2D eigenvalue weighted by atomic mass is 11.3. The van der Waals surface area contributed by atoms with Crippen LogP contribution in [0, 0.1) is 0 Å². The molecule has 54 valence electrons. The van der Waals surface area contributed by atoms with Crippen molar-refractivity contribution in [2.24, 2.45) is 0 Å². The van der Waals surface area contributed by atoms with Crippen molar-refractivity contribution in [2.75, 3.05) is 0 Å². The average Bonchev–Trinajstić information content (AvgIpc) is 1.84. The summed E-state index contributed by atoms with van der Waals surface area (Å²) in [6.07, 6.45) is 0. The van der Waals surface area contributed by atoms with Gasteiger partial charge in [-0.2, -0.15) is 0 Å². The third-order valence-corrected chi connectivity index (χ3v) is 9.42. The normalized spacial score (nSPS) is 14.1. The van der Waals surface area contributed by atoms with Crippen molar-refractivity contribution in [3.63, 3.8) is 0 Å². The summed E-state index contributed by atoms with van der Waals surface area (Å²) < 4.78 is 5.75. The van der Waals surface area contributed by atoms with E-state index in [1.807, 2.05) is 5.70 Å². The molecule has 4 heteroatoms. The highest BCUT2D eigenvalue weighted by Crippen LogP contribution is 2.02. The van der Waals surface area contributed by atoms with Gasteiger partial charge in [-0.15, -0.1) is 6.58 Å². The van der Waals surface area contributed by atoms with E-state index < -0.39 is 8.32 Å². The zero-order chi connectivity index (χ0) is 7.33. The molecule has 1 nitrogen and oxygen atoms in total. The summed E-state index contributed by atoms with van der Waals surface area (Å²) in [4.78, 5) is 0. The van der Waals surface area contributed by atoms with Gasteiger partial charge in [0.2, 0.25) is 0 Å². The Labute approximate surface area is 63.2 Å². The van der Waals surface area contributed by atoms with Crippen LogP contribution in [0.15, 0.2) is 12.3 Å². The molecule has 0 aromatic carbocycles. The second kappa shape index (κ2) is 4.21. The Bertz CT molecular complexity index is 92.2. The molecule has 0 aliphatic heterocycles. The fourth-order valence-electron chi connectivity index (χ4n) is 0.424. The van der Waals surface area contributed by atoms with Crippen LogP contribution in [0.3, 0.4) is 0 Å². The molecule has 0 bridgehead atoms. The van der Waals surface area contributed by atoms with Crippen molar-refractivity contribution in [3.8, 4) is 0 Å². The molecule has 0 amide bonds. The Morgan fingerprint density at radius 3 is 2.44 bits per heavy atom. The van der Waals surface area contributed by atoms with Crippen LogP contribution in [0.1, 0.15) is 0 Å². The van der Waals surface area contributed by atoms with Gasteiger partial charge >= 0.3 is 0 Å². The van der Waals surface area contributed by atoms with Gasteiger partial charge in [-0.3, -0.25) is 0 Å². The topological polar surface area (TPSA) is 9.23 Å². The predicted octanol–water partition coefficient (Wildman–Crippen LogP) is 0.149. The SMILES string of the molecule is C=C[Si](C)(C)O[SiH2][SiH2]C. The van der Waals surface area contributed by atoms with Crippen LogP contribution in [0.5, 0.6) is 0 Å². The number of hydrogen-bond donors (Lipinski definition) is 0. The lowest BCUT2D eigenvalue weighted by Crippen LogP contribution is -2.30. The molecule has 9 heavy (non-hydrogen) atoms. The van der Waals surface area contributed by atoms with Gasteiger partial charge in [0.15, 0.2) is 8.32 Å². The van der Waals surface area contributed by atoms with Gasteiger partial charge in [0, 0.05) is 9.04 Å². The van der Waals surface area contributed by atoms with Crippen molar-refractivity contribution in [1.29, 1.82) is 0 Å². The first-order chi connectivity index (χ1) is 4.12. The smallest absolute Gasteiger partial charge is 0.197 e. The summed E-state index contributed by atoms with van der Waals surface area (Å²) in [6, 6.07) is 0. The lowest BCUT2D eigenvalue weighted by molar-refractivity contribution is 0.620. The largest absolute Gasteiger partial charge is 0.461 e. The quantitative estimate of drug-likeness (QED) is 0.554. The van der Waals surface area contributed by atoms with Crippen LogP contribution in [-0.2, 0) is 4.12 Å². The van der Waals surface area contributed by atoms with Crippen LogP contribution in [0.2, 0.25) is 19.6 Å². The van der Waals surface area contributed by atoms with Gasteiger partial charge in [-0.05, 0) is 13.1 Å². The Kier molecular flexibility index (Phi) is 4.38. The van der Waals surface area contributed by atoms with E-state index >= 15 is 0 Å². The first kappa shape index (κ1) is 9.35. The zero-order valence-electron chi connectivity index (χ0n) is 6.61. The Hall–Kier alpha value is 0.351. The summed E-state index contributed by atoms with van der Waals surface area (Å²) in [6.45, 7) is 10.5. The number of rotatable bonds is 4. The average molecular weight is 176 g/mol. The molecule has 0 rings (SSSR count). The molecule has 0 aliphatic carbocycles. The van der Waals surface area contributed by atoms with Gasteiger partial charge in [0.1, 0.15) is 9.28 Å². The second-order valence-corrected chi connectivity index (χ2v) is 13.1. The summed E-state index contributed by atoms with van der Waals surface area (Å²) in [5.74, 6) is 0. The van der Waals surface area contributed by atoms with E-state index in [0.717, 1.165) is 0 Å². The van der Waals surface area contributed by atoms with Crippen molar-refractivity contribution >= 4 is 26.6 Å². The van der Waals surface area contributed by atoms with E-state index in [1.54, 1.807) is 0 Å². The molecule has 0 radical (unpaired) electrons. The molecule has 0 saturated carbocycles. The molecule has 0 unspecified atom stereocenters. The summed E-state index contributed by atoms with van der Waals surface area (Å²) in [5, 5.41) is 0. The standard InChI is InChI=1S/C5H16OSi3/c1-5-9(3,4)6-8-7-2/h5H,1,7-8H2,2-4H3. The maximum absolute atomic E-state index is 5.75. The van der Waals surface area contributed by atoms with E-state index in [4.69, 9.17) is 4.12 Å². The van der Waals surface area contributed by atoms with Gasteiger partial charge in [-0.1, -0.05) is 12.2 Å². The number of hydrogen-bond acceptors (Lipinski definition) is 1. The van der Waals surface area contributed by atoms with Crippen LogP contribution >= 0.6 is 0 Å². The molecule has 0 aromatic rings. The fraction of sp³-hybridized carbons (Fsp3) is 0.600. The Balaban J connectivity index is 3.45.